The highest BCUT2D eigenvalue weighted by atomic mass is 15.0. The highest BCUT2D eigenvalue weighted by Crippen LogP contribution is 2.19. The number of aromatic nitrogens is 1. The van der Waals surface area contributed by atoms with Gasteiger partial charge in [-0.25, -0.2) is 4.98 Å². The molecule has 0 saturated heterocycles. The third-order valence-corrected chi connectivity index (χ3v) is 2.67. The van der Waals surface area contributed by atoms with Crippen molar-refractivity contribution < 1.29 is 0 Å². The minimum atomic E-state index is 0.244. The molecule has 1 aromatic heterocycles. The molecular weight excluding hydrogens is 198 g/mol. The molecule has 3 N–H and O–H groups in total. The number of hydrogen-bond donors (Lipinski definition) is 2. The van der Waals surface area contributed by atoms with E-state index < -0.39 is 0 Å². The maximum absolute atomic E-state index is 5.58. The second-order valence-electron chi connectivity index (χ2n) is 4.12. The van der Waals surface area contributed by atoms with E-state index in [1.165, 1.54) is 10.9 Å². The second-order valence-corrected chi connectivity index (χ2v) is 4.12. The van der Waals surface area contributed by atoms with Gasteiger partial charge in [0.25, 0.3) is 0 Å². The average molecular weight is 215 g/mol. The normalized spacial score (nSPS) is 12.7. The van der Waals surface area contributed by atoms with Crippen molar-refractivity contribution in [3.8, 4) is 0 Å². The van der Waals surface area contributed by atoms with Crippen molar-refractivity contribution in [2.75, 3.05) is 11.9 Å². The maximum atomic E-state index is 5.58. The first kappa shape index (κ1) is 10.9. The molecular formula is C13H17N3. The maximum Gasteiger partial charge on any atom is 0.127 e. The van der Waals surface area contributed by atoms with Crippen LogP contribution in [0.25, 0.3) is 10.9 Å². The monoisotopic (exact) mass is 215 g/mol. The molecule has 2 rings (SSSR count). The SMILES string of the molecule is Cc1cc(NC(C)CN)nc2ccccc12. The summed E-state index contributed by atoms with van der Waals surface area (Å²) in [4.78, 5) is 4.56. The summed E-state index contributed by atoms with van der Waals surface area (Å²) in [7, 11) is 0. The summed E-state index contributed by atoms with van der Waals surface area (Å²) >= 11 is 0. The number of rotatable bonds is 3. The van der Waals surface area contributed by atoms with Gasteiger partial charge in [-0.1, -0.05) is 18.2 Å². The van der Waals surface area contributed by atoms with E-state index in [2.05, 4.69) is 29.4 Å². The van der Waals surface area contributed by atoms with Crippen LogP contribution in [0.4, 0.5) is 5.82 Å². The average Bonchev–Trinajstić information content (AvgIpc) is 2.29. The van der Waals surface area contributed by atoms with Crippen molar-refractivity contribution in [1.29, 1.82) is 0 Å². The van der Waals surface area contributed by atoms with E-state index in [9.17, 15) is 0 Å². The molecule has 0 amide bonds. The van der Waals surface area contributed by atoms with Crippen LogP contribution in [0.15, 0.2) is 30.3 Å². The Hall–Kier alpha value is -1.61. The first-order valence-electron chi connectivity index (χ1n) is 5.53. The predicted molar refractivity (Wildman–Crippen MR) is 68.6 cm³/mol. The highest BCUT2D eigenvalue weighted by Gasteiger charge is 2.04. The zero-order valence-electron chi connectivity index (χ0n) is 9.70. The number of benzene rings is 1. The lowest BCUT2D eigenvalue weighted by Gasteiger charge is -2.13. The van der Waals surface area contributed by atoms with Crippen LogP contribution in [-0.4, -0.2) is 17.6 Å². The highest BCUT2D eigenvalue weighted by molar-refractivity contribution is 5.83. The van der Waals surface area contributed by atoms with E-state index >= 15 is 0 Å². The molecule has 3 heteroatoms. The Morgan fingerprint density at radius 3 is 2.88 bits per heavy atom. The summed E-state index contributed by atoms with van der Waals surface area (Å²) < 4.78 is 0. The number of para-hydroxylation sites is 1. The molecule has 16 heavy (non-hydrogen) atoms. The third kappa shape index (κ3) is 2.14. The van der Waals surface area contributed by atoms with Crippen molar-refractivity contribution in [1.82, 2.24) is 4.98 Å². The Kier molecular flexibility index (Phi) is 3.06. The van der Waals surface area contributed by atoms with Gasteiger partial charge in [-0.2, -0.15) is 0 Å². The molecule has 0 aliphatic rings. The molecule has 0 fully saturated rings. The summed E-state index contributed by atoms with van der Waals surface area (Å²) in [5.41, 5.74) is 7.84. The lowest BCUT2D eigenvalue weighted by molar-refractivity contribution is 0.799. The fourth-order valence-electron chi connectivity index (χ4n) is 1.73. The van der Waals surface area contributed by atoms with Gasteiger partial charge in [0, 0.05) is 18.0 Å². The number of nitrogens with zero attached hydrogens (tertiary/aromatic N) is 1. The Bertz CT molecular complexity index is 494. The molecule has 0 saturated carbocycles. The number of fused-ring (bicyclic) bond motifs is 1. The van der Waals surface area contributed by atoms with Crippen LogP contribution in [0, 0.1) is 6.92 Å². The van der Waals surface area contributed by atoms with Crippen LogP contribution < -0.4 is 11.1 Å². The number of anilines is 1. The molecule has 2 aromatic rings. The standard InChI is InChI=1S/C13H17N3/c1-9-7-13(15-10(2)8-14)16-12-6-4-3-5-11(9)12/h3-7,10H,8,14H2,1-2H3,(H,15,16). The van der Waals surface area contributed by atoms with Gasteiger partial charge in [-0.05, 0) is 31.5 Å². The predicted octanol–water partition coefficient (Wildman–Crippen LogP) is 2.30. The van der Waals surface area contributed by atoms with Gasteiger partial charge < -0.3 is 11.1 Å². The minimum absolute atomic E-state index is 0.244. The number of hydrogen-bond acceptors (Lipinski definition) is 3. The largest absolute Gasteiger partial charge is 0.366 e. The Balaban J connectivity index is 2.41. The number of pyridine rings is 1. The van der Waals surface area contributed by atoms with Gasteiger partial charge in [-0.3, -0.25) is 0 Å². The molecule has 1 unspecified atom stereocenters. The molecule has 0 bridgehead atoms. The van der Waals surface area contributed by atoms with Crippen LogP contribution in [0.5, 0.6) is 0 Å². The molecule has 1 heterocycles. The van der Waals surface area contributed by atoms with Crippen molar-refractivity contribution >= 4 is 16.7 Å². The van der Waals surface area contributed by atoms with Gasteiger partial charge >= 0.3 is 0 Å². The first-order valence-corrected chi connectivity index (χ1v) is 5.53. The summed E-state index contributed by atoms with van der Waals surface area (Å²) in [5.74, 6) is 0.897. The lowest BCUT2D eigenvalue weighted by Crippen LogP contribution is -2.25. The van der Waals surface area contributed by atoms with Gasteiger partial charge in [-0.15, -0.1) is 0 Å². The Morgan fingerprint density at radius 2 is 2.12 bits per heavy atom. The number of nitrogens with two attached hydrogens (primary N) is 1. The summed E-state index contributed by atoms with van der Waals surface area (Å²) in [5, 5.41) is 4.49. The van der Waals surface area contributed by atoms with Crippen molar-refractivity contribution in [2.24, 2.45) is 5.73 Å². The van der Waals surface area contributed by atoms with E-state index in [1.807, 2.05) is 25.1 Å². The topological polar surface area (TPSA) is 50.9 Å². The minimum Gasteiger partial charge on any atom is -0.366 e. The quantitative estimate of drug-likeness (QED) is 0.826. The molecule has 0 spiro atoms. The molecule has 1 atom stereocenters. The summed E-state index contributed by atoms with van der Waals surface area (Å²) in [6.07, 6.45) is 0. The molecule has 0 aliphatic heterocycles. The van der Waals surface area contributed by atoms with Crippen LogP contribution in [-0.2, 0) is 0 Å². The first-order chi connectivity index (χ1) is 7.70. The van der Waals surface area contributed by atoms with Crippen LogP contribution >= 0.6 is 0 Å². The third-order valence-electron chi connectivity index (χ3n) is 2.67. The van der Waals surface area contributed by atoms with Crippen LogP contribution in [0.1, 0.15) is 12.5 Å². The van der Waals surface area contributed by atoms with Crippen molar-refractivity contribution in [3.63, 3.8) is 0 Å². The molecule has 84 valence electrons. The van der Waals surface area contributed by atoms with Crippen molar-refractivity contribution in [2.45, 2.75) is 19.9 Å². The summed E-state index contributed by atoms with van der Waals surface area (Å²) in [6.45, 7) is 4.75. The van der Waals surface area contributed by atoms with E-state index in [-0.39, 0.29) is 6.04 Å². The Morgan fingerprint density at radius 1 is 1.38 bits per heavy atom. The zero-order chi connectivity index (χ0) is 11.5. The van der Waals surface area contributed by atoms with Gasteiger partial charge in [0.05, 0.1) is 5.52 Å². The van der Waals surface area contributed by atoms with Crippen molar-refractivity contribution in [3.05, 3.63) is 35.9 Å². The molecule has 1 aromatic carbocycles. The lowest BCUT2D eigenvalue weighted by atomic mass is 10.1. The van der Waals surface area contributed by atoms with Crippen LogP contribution in [0.2, 0.25) is 0 Å². The van der Waals surface area contributed by atoms with E-state index in [4.69, 9.17) is 5.73 Å². The van der Waals surface area contributed by atoms with Crippen LogP contribution in [0.3, 0.4) is 0 Å². The van der Waals surface area contributed by atoms with Gasteiger partial charge in [0.1, 0.15) is 5.82 Å². The fraction of sp³-hybridized carbons (Fsp3) is 0.308. The Labute approximate surface area is 95.7 Å². The van der Waals surface area contributed by atoms with E-state index in [0.717, 1.165) is 11.3 Å². The van der Waals surface area contributed by atoms with Gasteiger partial charge in [0.15, 0.2) is 0 Å². The smallest absolute Gasteiger partial charge is 0.127 e. The number of nitrogens with one attached hydrogen (secondary N) is 1. The van der Waals surface area contributed by atoms with E-state index in [1.54, 1.807) is 0 Å². The second kappa shape index (κ2) is 4.49. The fourth-order valence-corrected chi connectivity index (χ4v) is 1.73. The van der Waals surface area contributed by atoms with E-state index in [0.29, 0.717) is 6.54 Å². The zero-order valence-corrected chi connectivity index (χ0v) is 9.70. The van der Waals surface area contributed by atoms with Gasteiger partial charge in [0.2, 0.25) is 0 Å². The molecule has 3 nitrogen and oxygen atoms in total. The molecule has 0 radical (unpaired) electrons. The molecule has 0 aliphatic carbocycles. The number of aryl methyl sites for hydroxylation is 1. The summed E-state index contributed by atoms with van der Waals surface area (Å²) in [6, 6.07) is 10.5.